The topological polar surface area (TPSA) is 150 Å². The van der Waals surface area contributed by atoms with Gasteiger partial charge in [-0.05, 0) is 55.8 Å². The molecule has 0 aliphatic heterocycles. The molecule has 3 aromatic carbocycles. The SMILES string of the molecule is Cc1ccc(NS(=O)(=O)c2ccc(N=Nc3c(O)[nH]c4ccc(F)cc34)c([N+](=O)[O-])c2)c(C)c1. The van der Waals surface area contributed by atoms with Crippen LogP contribution >= 0.6 is 0 Å². The Morgan fingerprint density at radius 3 is 2.53 bits per heavy atom. The summed E-state index contributed by atoms with van der Waals surface area (Å²) in [5.74, 6) is -0.969. The molecule has 1 heterocycles. The predicted molar refractivity (Wildman–Crippen MR) is 124 cm³/mol. The Hall–Kier alpha value is -4.32. The number of aromatic amines is 1. The Bertz CT molecular complexity index is 1580. The zero-order valence-electron chi connectivity index (χ0n) is 17.9. The van der Waals surface area contributed by atoms with Gasteiger partial charge in [0, 0.05) is 11.5 Å². The number of aromatic hydroxyl groups is 1. The summed E-state index contributed by atoms with van der Waals surface area (Å²) in [6, 6.07) is 12.0. The van der Waals surface area contributed by atoms with Crippen molar-refractivity contribution in [1.82, 2.24) is 4.98 Å². The van der Waals surface area contributed by atoms with Gasteiger partial charge in [-0.2, -0.15) is 0 Å². The molecule has 0 spiro atoms. The minimum atomic E-state index is -4.13. The highest BCUT2D eigenvalue weighted by molar-refractivity contribution is 7.92. The molecule has 10 nitrogen and oxygen atoms in total. The Kier molecular flexibility index (Phi) is 5.75. The molecule has 0 atom stereocenters. The molecule has 0 fully saturated rings. The number of anilines is 1. The smallest absolute Gasteiger partial charge is 0.298 e. The van der Waals surface area contributed by atoms with Crippen molar-refractivity contribution in [3.8, 4) is 5.88 Å². The zero-order valence-corrected chi connectivity index (χ0v) is 18.7. The monoisotopic (exact) mass is 483 g/mol. The van der Waals surface area contributed by atoms with Crippen LogP contribution in [-0.2, 0) is 10.0 Å². The van der Waals surface area contributed by atoms with Gasteiger partial charge in [0.2, 0.25) is 5.88 Å². The molecular weight excluding hydrogens is 465 g/mol. The number of halogens is 1. The van der Waals surface area contributed by atoms with Crippen molar-refractivity contribution in [2.45, 2.75) is 18.7 Å². The Morgan fingerprint density at radius 2 is 1.82 bits per heavy atom. The van der Waals surface area contributed by atoms with E-state index in [9.17, 15) is 28.0 Å². The number of hydrogen-bond acceptors (Lipinski definition) is 7. The van der Waals surface area contributed by atoms with Gasteiger partial charge in [-0.1, -0.05) is 17.7 Å². The van der Waals surface area contributed by atoms with E-state index in [1.165, 1.54) is 12.1 Å². The number of nitrogens with zero attached hydrogens (tertiary/aromatic N) is 3. The number of aromatic nitrogens is 1. The van der Waals surface area contributed by atoms with E-state index in [0.29, 0.717) is 16.8 Å². The fourth-order valence-corrected chi connectivity index (χ4v) is 4.52. The number of aryl methyl sites for hydroxylation is 2. The summed E-state index contributed by atoms with van der Waals surface area (Å²) in [7, 11) is -4.13. The molecule has 0 unspecified atom stereocenters. The van der Waals surface area contributed by atoms with Crippen LogP contribution in [0.15, 0.2) is 69.7 Å². The van der Waals surface area contributed by atoms with E-state index in [1.54, 1.807) is 25.1 Å². The van der Waals surface area contributed by atoms with Crippen molar-refractivity contribution in [3.05, 3.63) is 81.7 Å². The first kappa shape index (κ1) is 22.9. The third kappa shape index (κ3) is 4.43. The molecule has 4 aromatic rings. The van der Waals surface area contributed by atoms with Crippen molar-refractivity contribution in [2.75, 3.05) is 4.72 Å². The van der Waals surface area contributed by atoms with Gasteiger partial charge < -0.3 is 10.1 Å². The summed E-state index contributed by atoms with van der Waals surface area (Å²) in [5, 5.41) is 29.5. The normalized spacial score (nSPS) is 11.9. The maximum Gasteiger partial charge on any atom is 0.298 e. The van der Waals surface area contributed by atoms with Crippen LogP contribution in [0.5, 0.6) is 5.88 Å². The average Bonchev–Trinajstić information content (AvgIpc) is 3.08. The first-order chi connectivity index (χ1) is 16.0. The fourth-order valence-electron chi connectivity index (χ4n) is 3.37. The van der Waals surface area contributed by atoms with Gasteiger partial charge in [0.15, 0.2) is 11.4 Å². The predicted octanol–water partition coefficient (Wildman–Crippen LogP) is 5.75. The highest BCUT2D eigenvalue weighted by Gasteiger charge is 2.22. The second-order valence-corrected chi connectivity index (χ2v) is 9.23. The molecule has 0 amide bonds. The van der Waals surface area contributed by atoms with Crippen molar-refractivity contribution >= 4 is 43.7 Å². The van der Waals surface area contributed by atoms with Gasteiger partial charge >= 0.3 is 0 Å². The van der Waals surface area contributed by atoms with E-state index in [2.05, 4.69) is 19.9 Å². The summed E-state index contributed by atoms with van der Waals surface area (Å²) in [6.07, 6.45) is 0. The molecule has 0 saturated heterocycles. The standard InChI is InChI=1S/C22H18FN5O5S/c1-12-3-6-17(13(2)9-12)27-34(32,33)15-5-8-19(20(11-15)28(30)31)25-26-21-16-10-14(23)4-7-18(16)24-22(21)29/h3-11,24,27,29H,1-2H3. The van der Waals surface area contributed by atoms with E-state index in [1.807, 2.05) is 6.92 Å². The molecule has 1 aromatic heterocycles. The molecule has 174 valence electrons. The zero-order chi connectivity index (χ0) is 24.6. The molecule has 4 rings (SSSR count). The van der Waals surface area contributed by atoms with Gasteiger partial charge in [-0.25, -0.2) is 12.8 Å². The fraction of sp³-hybridized carbons (Fsp3) is 0.0909. The number of nitro benzene ring substituents is 1. The van der Waals surface area contributed by atoms with E-state index < -0.39 is 32.3 Å². The minimum absolute atomic E-state index is 0.114. The van der Waals surface area contributed by atoms with Crippen molar-refractivity contribution in [1.29, 1.82) is 0 Å². The Balaban J connectivity index is 1.71. The summed E-state index contributed by atoms with van der Waals surface area (Å²) in [6.45, 7) is 3.61. The van der Waals surface area contributed by atoms with Crippen LogP contribution in [0.3, 0.4) is 0 Å². The highest BCUT2D eigenvalue weighted by atomic mass is 32.2. The number of hydrogen-bond donors (Lipinski definition) is 3. The van der Waals surface area contributed by atoms with E-state index in [-0.39, 0.29) is 21.7 Å². The average molecular weight is 483 g/mol. The maximum absolute atomic E-state index is 13.6. The van der Waals surface area contributed by atoms with Gasteiger partial charge in [0.25, 0.3) is 15.7 Å². The first-order valence-corrected chi connectivity index (χ1v) is 11.3. The van der Waals surface area contributed by atoms with Crippen molar-refractivity contribution < 1.29 is 22.8 Å². The number of H-pyrrole nitrogens is 1. The van der Waals surface area contributed by atoms with Crippen LogP contribution in [0.4, 0.5) is 27.1 Å². The molecule has 3 N–H and O–H groups in total. The molecule has 34 heavy (non-hydrogen) atoms. The summed E-state index contributed by atoms with van der Waals surface area (Å²) in [5.41, 5.74) is 1.41. The summed E-state index contributed by atoms with van der Waals surface area (Å²) >= 11 is 0. The van der Waals surface area contributed by atoms with E-state index in [4.69, 9.17) is 0 Å². The van der Waals surface area contributed by atoms with Crippen LogP contribution in [0.1, 0.15) is 11.1 Å². The lowest BCUT2D eigenvalue weighted by molar-refractivity contribution is -0.384. The number of fused-ring (bicyclic) bond motifs is 1. The Labute approximate surface area is 193 Å². The molecule has 0 saturated carbocycles. The number of benzene rings is 3. The minimum Gasteiger partial charge on any atom is -0.493 e. The number of nitro groups is 1. The maximum atomic E-state index is 13.6. The molecular formula is C22H18FN5O5S. The summed E-state index contributed by atoms with van der Waals surface area (Å²) < 4.78 is 41.7. The van der Waals surface area contributed by atoms with Crippen LogP contribution in [0, 0.1) is 29.8 Å². The third-order valence-electron chi connectivity index (χ3n) is 5.05. The molecule has 0 aliphatic rings. The lowest BCUT2D eigenvalue weighted by atomic mass is 10.1. The number of azo groups is 1. The van der Waals surface area contributed by atoms with Gasteiger partial charge in [-0.3, -0.25) is 14.8 Å². The van der Waals surface area contributed by atoms with Gasteiger partial charge in [-0.15, -0.1) is 10.2 Å². The van der Waals surface area contributed by atoms with Crippen LogP contribution in [0.2, 0.25) is 0 Å². The summed E-state index contributed by atoms with van der Waals surface area (Å²) in [4.78, 5) is 13.1. The number of rotatable bonds is 6. The van der Waals surface area contributed by atoms with Crippen LogP contribution in [0.25, 0.3) is 10.9 Å². The van der Waals surface area contributed by atoms with E-state index in [0.717, 1.165) is 29.8 Å². The van der Waals surface area contributed by atoms with Crippen molar-refractivity contribution in [3.63, 3.8) is 0 Å². The largest absolute Gasteiger partial charge is 0.493 e. The lowest BCUT2D eigenvalue weighted by Crippen LogP contribution is -2.14. The molecule has 0 aliphatic carbocycles. The van der Waals surface area contributed by atoms with Crippen LogP contribution < -0.4 is 4.72 Å². The van der Waals surface area contributed by atoms with Gasteiger partial charge in [0.05, 0.1) is 21.0 Å². The molecule has 12 heteroatoms. The lowest BCUT2D eigenvalue weighted by Gasteiger charge is -2.11. The second kappa shape index (κ2) is 8.56. The number of sulfonamides is 1. The highest BCUT2D eigenvalue weighted by Crippen LogP contribution is 2.38. The van der Waals surface area contributed by atoms with Crippen LogP contribution in [-0.4, -0.2) is 23.4 Å². The second-order valence-electron chi connectivity index (χ2n) is 7.54. The van der Waals surface area contributed by atoms with Gasteiger partial charge in [0.1, 0.15) is 5.82 Å². The van der Waals surface area contributed by atoms with E-state index >= 15 is 0 Å². The van der Waals surface area contributed by atoms with Crippen molar-refractivity contribution in [2.24, 2.45) is 10.2 Å². The number of nitrogens with one attached hydrogen (secondary N) is 2. The first-order valence-electron chi connectivity index (χ1n) is 9.85. The third-order valence-corrected chi connectivity index (χ3v) is 6.42. The Morgan fingerprint density at radius 1 is 1.06 bits per heavy atom. The molecule has 0 bridgehead atoms. The molecule has 0 radical (unpaired) electrons. The quantitative estimate of drug-likeness (QED) is 0.181.